The number of nitrogens with zero attached hydrogens (tertiary/aromatic N) is 2. The van der Waals surface area contributed by atoms with Crippen LogP contribution in [0.2, 0.25) is 0 Å². The maximum atomic E-state index is 13.4. The van der Waals surface area contributed by atoms with Crippen molar-refractivity contribution < 1.29 is 27.5 Å². The number of halogens is 3. The summed E-state index contributed by atoms with van der Waals surface area (Å²) in [5.74, 6) is -1.64. The van der Waals surface area contributed by atoms with Crippen molar-refractivity contribution in [2.24, 2.45) is 0 Å². The Hall–Kier alpha value is -2.64. The first-order chi connectivity index (χ1) is 12.5. The number of carbonyl (C=O) groups excluding carboxylic acids is 2. The van der Waals surface area contributed by atoms with Gasteiger partial charge in [-0.1, -0.05) is 37.3 Å². The summed E-state index contributed by atoms with van der Waals surface area (Å²) in [5, 5.41) is 0. The molecule has 0 bridgehead atoms. The molecule has 8 heteroatoms. The van der Waals surface area contributed by atoms with Crippen molar-refractivity contribution in [1.29, 1.82) is 0 Å². The second kappa shape index (κ2) is 7.54. The van der Waals surface area contributed by atoms with Crippen LogP contribution < -0.4 is 0 Å². The lowest BCUT2D eigenvalue weighted by molar-refractivity contribution is -0.142. The highest BCUT2D eigenvalue weighted by molar-refractivity contribution is 5.94. The van der Waals surface area contributed by atoms with Gasteiger partial charge in [-0.05, 0) is 26.3 Å². The van der Waals surface area contributed by atoms with Gasteiger partial charge < -0.3 is 9.30 Å². The van der Waals surface area contributed by atoms with Crippen molar-refractivity contribution in [3.05, 3.63) is 53.6 Å². The smallest absolute Gasteiger partial charge is 0.435 e. The highest BCUT2D eigenvalue weighted by atomic mass is 19.4. The number of alkyl halides is 3. The molecule has 0 spiro atoms. The number of esters is 1. The molecule has 146 valence electrons. The summed E-state index contributed by atoms with van der Waals surface area (Å²) < 4.78 is 46.5. The average molecular weight is 382 g/mol. The third-order valence-corrected chi connectivity index (χ3v) is 4.30. The molecule has 0 unspecified atom stereocenters. The summed E-state index contributed by atoms with van der Waals surface area (Å²) in [6, 6.07) is 8.14. The lowest BCUT2D eigenvalue weighted by Gasteiger charge is -2.24. The molecular weight excluding hydrogens is 361 g/mol. The molecule has 2 aromatic rings. The highest BCUT2D eigenvalue weighted by Gasteiger charge is 2.42. The first-order valence-electron chi connectivity index (χ1n) is 8.44. The SMILES string of the molecule is CCC(=O)C(C)(C)OC(=O)c1c(C(F)(F)F)ncn1[C@H](C)c1ccccc1. The van der Waals surface area contributed by atoms with E-state index in [1.807, 2.05) is 0 Å². The Labute approximate surface area is 155 Å². The fourth-order valence-corrected chi connectivity index (χ4v) is 2.72. The molecule has 0 amide bonds. The summed E-state index contributed by atoms with van der Waals surface area (Å²) in [4.78, 5) is 28.0. The molecule has 1 heterocycles. The van der Waals surface area contributed by atoms with Crippen molar-refractivity contribution in [2.75, 3.05) is 0 Å². The van der Waals surface area contributed by atoms with Gasteiger partial charge in [0.1, 0.15) is 0 Å². The Balaban J connectivity index is 2.51. The first kappa shape index (κ1) is 20.7. The standard InChI is InChI=1S/C19H21F3N2O3/c1-5-14(25)18(3,4)27-17(26)15-16(19(20,21)22)23-11-24(15)12(2)13-9-7-6-8-10-13/h6-12H,5H2,1-4H3/t12-/m1/s1. The Bertz CT molecular complexity index is 826. The molecule has 0 fully saturated rings. The summed E-state index contributed by atoms with van der Waals surface area (Å²) >= 11 is 0. The van der Waals surface area contributed by atoms with Crippen LogP contribution in [0.3, 0.4) is 0 Å². The van der Waals surface area contributed by atoms with Gasteiger partial charge in [-0.15, -0.1) is 0 Å². The van der Waals surface area contributed by atoms with Gasteiger partial charge in [0.2, 0.25) is 0 Å². The summed E-state index contributed by atoms with van der Waals surface area (Å²) in [7, 11) is 0. The average Bonchev–Trinajstić information content (AvgIpc) is 3.06. The van der Waals surface area contributed by atoms with Crippen LogP contribution in [0.5, 0.6) is 0 Å². The van der Waals surface area contributed by atoms with Gasteiger partial charge in [-0.3, -0.25) is 4.79 Å². The topological polar surface area (TPSA) is 61.2 Å². The van der Waals surface area contributed by atoms with Gasteiger partial charge in [0.05, 0.1) is 12.4 Å². The minimum Gasteiger partial charge on any atom is -0.447 e. The van der Waals surface area contributed by atoms with Crippen molar-refractivity contribution in [3.8, 4) is 0 Å². The Morgan fingerprint density at radius 3 is 2.30 bits per heavy atom. The second-order valence-electron chi connectivity index (χ2n) is 6.61. The van der Waals surface area contributed by atoms with Crippen molar-refractivity contribution in [3.63, 3.8) is 0 Å². The molecule has 0 N–H and O–H groups in total. The normalized spacial score (nSPS) is 13.3. The fraction of sp³-hybridized carbons (Fsp3) is 0.421. The van der Waals surface area contributed by atoms with Gasteiger partial charge in [-0.25, -0.2) is 9.78 Å². The van der Waals surface area contributed by atoms with Crippen LogP contribution in [0, 0.1) is 0 Å². The molecule has 0 aliphatic heterocycles. The molecule has 0 aliphatic rings. The molecule has 0 radical (unpaired) electrons. The van der Waals surface area contributed by atoms with E-state index in [1.165, 1.54) is 13.8 Å². The molecular formula is C19H21F3N2O3. The van der Waals surface area contributed by atoms with Gasteiger partial charge in [-0.2, -0.15) is 13.2 Å². The zero-order valence-electron chi connectivity index (χ0n) is 15.5. The minimum absolute atomic E-state index is 0.0894. The third-order valence-electron chi connectivity index (χ3n) is 4.30. The summed E-state index contributed by atoms with van der Waals surface area (Å²) in [6.45, 7) is 5.94. The third kappa shape index (κ3) is 4.37. The second-order valence-corrected chi connectivity index (χ2v) is 6.61. The largest absolute Gasteiger partial charge is 0.447 e. The quantitative estimate of drug-likeness (QED) is 0.694. The molecule has 0 aliphatic carbocycles. The molecule has 27 heavy (non-hydrogen) atoms. The van der Waals surface area contributed by atoms with Gasteiger partial charge >= 0.3 is 12.1 Å². The molecule has 1 atom stereocenters. The number of ether oxygens (including phenoxy) is 1. The number of aromatic nitrogens is 2. The van der Waals surface area contributed by atoms with E-state index in [1.54, 1.807) is 44.2 Å². The van der Waals surface area contributed by atoms with E-state index in [4.69, 9.17) is 4.74 Å². The number of rotatable bonds is 6. The number of hydrogen-bond acceptors (Lipinski definition) is 4. The number of Topliss-reactive ketones (excluding diaryl/α,β-unsaturated/α-hetero) is 1. The molecule has 0 saturated heterocycles. The molecule has 5 nitrogen and oxygen atoms in total. The van der Waals surface area contributed by atoms with Crippen molar-refractivity contribution in [1.82, 2.24) is 9.55 Å². The van der Waals surface area contributed by atoms with Gasteiger partial charge in [0, 0.05) is 6.42 Å². The number of hydrogen-bond donors (Lipinski definition) is 0. The maximum Gasteiger partial charge on any atom is 0.435 e. The summed E-state index contributed by atoms with van der Waals surface area (Å²) in [5.41, 5.74) is -2.91. The first-order valence-corrected chi connectivity index (χ1v) is 8.44. The predicted octanol–water partition coefficient (Wildman–Crippen LogP) is 4.43. The van der Waals surface area contributed by atoms with Gasteiger partial charge in [0.25, 0.3) is 0 Å². The van der Waals surface area contributed by atoms with E-state index < -0.39 is 41.0 Å². The number of carbonyl (C=O) groups is 2. The maximum absolute atomic E-state index is 13.4. The monoisotopic (exact) mass is 382 g/mol. The van der Waals surface area contributed by atoms with Crippen LogP contribution in [-0.2, 0) is 15.7 Å². The zero-order chi connectivity index (χ0) is 20.4. The van der Waals surface area contributed by atoms with E-state index >= 15 is 0 Å². The van der Waals surface area contributed by atoms with Crippen LogP contribution in [-0.4, -0.2) is 26.9 Å². The molecule has 2 rings (SSSR count). The van der Waals surface area contributed by atoms with Crippen molar-refractivity contribution >= 4 is 11.8 Å². The van der Waals surface area contributed by atoms with Crippen LogP contribution in [0.1, 0.15) is 61.9 Å². The fourth-order valence-electron chi connectivity index (χ4n) is 2.72. The number of benzene rings is 1. The highest BCUT2D eigenvalue weighted by Crippen LogP contribution is 2.34. The van der Waals surface area contributed by atoms with Crippen LogP contribution in [0.25, 0.3) is 0 Å². The van der Waals surface area contributed by atoms with Crippen LogP contribution >= 0.6 is 0 Å². The van der Waals surface area contributed by atoms with E-state index in [2.05, 4.69) is 4.98 Å². The van der Waals surface area contributed by atoms with E-state index in [0.717, 1.165) is 10.9 Å². The minimum atomic E-state index is -4.84. The summed E-state index contributed by atoms with van der Waals surface area (Å²) in [6.07, 6.45) is -3.78. The van der Waals surface area contributed by atoms with Crippen molar-refractivity contribution in [2.45, 2.75) is 51.9 Å². The van der Waals surface area contributed by atoms with Gasteiger partial charge in [0.15, 0.2) is 22.8 Å². The van der Waals surface area contributed by atoms with E-state index in [9.17, 15) is 22.8 Å². The van der Waals surface area contributed by atoms with E-state index in [-0.39, 0.29) is 6.42 Å². The van der Waals surface area contributed by atoms with E-state index in [0.29, 0.717) is 5.56 Å². The van der Waals surface area contributed by atoms with Crippen LogP contribution in [0.4, 0.5) is 13.2 Å². The molecule has 1 aromatic carbocycles. The molecule has 1 aromatic heterocycles. The number of ketones is 1. The Morgan fingerprint density at radius 2 is 1.78 bits per heavy atom. The predicted molar refractivity (Wildman–Crippen MR) is 92.3 cm³/mol. The lowest BCUT2D eigenvalue weighted by Crippen LogP contribution is -2.38. The Kier molecular flexibility index (Phi) is 5.77. The number of imidazole rings is 1. The molecule has 0 saturated carbocycles. The van der Waals surface area contributed by atoms with Crippen LogP contribution in [0.15, 0.2) is 36.7 Å². The Morgan fingerprint density at radius 1 is 1.19 bits per heavy atom. The lowest BCUT2D eigenvalue weighted by atomic mass is 10.0. The zero-order valence-corrected chi connectivity index (χ0v) is 15.5.